The molecule has 1 fully saturated rings. The molecule has 1 saturated heterocycles. The summed E-state index contributed by atoms with van der Waals surface area (Å²) in [6.07, 6.45) is 3.22. The molecular weight excluding hydrogens is 274 g/mol. The zero-order chi connectivity index (χ0) is 15.2. The van der Waals surface area contributed by atoms with Crippen molar-refractivity contribution in [2.45, 2.75) is 25.0 Å². The summed E-state index contributed by atoms with van der Waals surface area (Å²) in [6, 6.07) is 3.20. The molecule has 116 valence electrons. The molecule has 2 unspecified atom stereocenters. The van der Waals surface area contributed by atoms with E-state index in [4.69, 9.17) is 14.9 Å². The van der Waals surface area contributed by atoms with Gasteiger partial charge in [0, 0.05) is 26.2 Å². The van der Waals surface area contributed by atoms with Crippen LogP contribution in [0.1, 0.15) is 23.4 Å². The van der Waals surface area contributed by atoms with E-state index in [2.05, 4.69) is 5.32 Å². The number of furan rings is 1. The van der Waals surface area contributed by atoms with Crippen LogP contribution in [0.25, 0.3) is 0 Å². The van der Waals surface area contributed by atoms with Crippen molar-refractivity contribution < 1.29 is 18.7 Å². The number of rotatable bonds is 5. The Hall–Kier alpha value is -1.70. The zero-order valence-corrected chi connectivity index (χ0v) is 12.1. The van der Waals surface area contributed by atoms with Gasteiger partial charge in [0.25, 0.3) is 5.91 Å². The molecule has 7 heteroatoms. The third-order valence-electron chi connectivity index (χ3n) is 3.74. The highest BCUT2D eigenvalue weighted by Gasteiger charge is 2.29. The lowest BCUT2D eigenvalue weighted by Gasteiger charge is -2.37. The largest absolute Gasteiger partial charge is 0.459 e. The summed E-state index contributed by atoms with van der Waals surface area (Å²) in [4.78, 5) is 25.6. The number of likely N-dealkylation sites (tertiary alicyclic amines) is 1. The van der Waals surface area contributed by atoms with Crippen molar-refractivity contribution in [3.05, 3.63) is 24.2 Å². The Balaban J connectivity index is 1.85. The molecule has 0 aliphatic carbocycles. The minimum Gasteiger partial charge on any atom is -0.459 e. The number of nitrogens with one attached hydrogen (secondary N) is 1. The number of imide groups is 1. The van der Waals surface area contributed by atoms with Crippen LogP contribution < -0.4 is 11.1 Å². The van der Waals surface area contributed by atoms with Crippen molar-refractivity contribution >= 4 is 11.8 Å². The fourth-order valence-electron chi connectivity index (χ4n) is 2.55. The van der Waals surface area contributed by atoms with Crippen molar-refractivity contribution in [3.63, 3.8) is 0 Å². The molecule has 0 bridgehead atoms. The van der Waals surface area contributed by atoms with E-state index in [1.165, 1.54) is 12.3 Å². The van der Waals surface area contributed by atoms with E-state index in [-0.39, 0.29) is 30.4 Å². The molecule has 1 aliphatic rings. The number of amides is 2. The number of nitrogens with zero attached hydrogens (tertiary/aromatic N) is 1. The molecule has 3 N–H and O–H groups in total. The summed E-state index contributed by atoms with van der Waals surface area (Å²) >= 11 is 0. The highest BCUT2D eigenvalue weighted by atomic mass is 16.5. The lowest BCUT2D eigenvalue weighted by atomic mass is 9.99. The molecule has 0 spiro atoms. The quantitative estimate of drug-likeness (QED) is 0.792. The van der Waals surface area contributed by atoms with Crippen molar-refractivity contribution in [2.75, 3.05) is 26.7 Å². The maximum Gasteiger partial charge on any atom is 0.293 e. The second kappa shape index (κ2) is 7.35. The van der Waals surface area contributed by atoms with Crippen LogP contribution in [0.5, 0.6) is 0 Å². The first-order chi connectivity index (χ1) is 10.1. The van der Waals surface area contributed by atoms with Gasteiger partial charge >= 0.3 is 0 Å². The van der Waals surface area contributed by atoms with Gasteiger partial charge in [0.1, 0.15) is 0 Å². The number of nitrogens with two attached hydrogens (primary N) is 1. The van der Waals surface area contributed by atoms with Gasteiger partial charge in [-0.2, -0.15) is 0 Å². The van der Waals surface area contributed by atoms with Gasteiger partial charge in [-0.3, -0.25) is 19.8 Å². The molecular formula is C14H21N3O4. The number of methoxy groups -OCH3 is 1. The molecule has 2 atom stereocenters. The number of carbonyl (C=O) groups is 2. The minimum absolute atomic E-state index is 0.0909. The van der Waals surface area contributed by atoms with Crippen LogP contribution in [0.2, 0.25) is 0 Å². The molecule has 0 saturated carbocycles. The van der Waals surface area contributed by atoms with Crippen LogP contribution in [-0.4, -0.2) is 55.6 Å². The van der Waals surface area contributed by atoms with Gasteiger partial charge in [0.15, 0.2) is 5.76 Å². The molecule has 1 aromatic rings. The molecule has 2 heterocycles. The third-order valence-corrected chi connectivity index (χ3v) is 3.74. The van der Waals surface area contributed by atoms with Crippen molar-refractivity contribution in [2.24, 2.45) is 5.73 Å². The minimum atomic E-state index is -0.527. The van der Waals surface area contributed by atoms with Crippen molar-refractivity contribution in [3.8, 4) is 0 Å². The van der Waals surface area contributed by atoms with Gasteiger partial charge < -0.3 is 14.9 Å². The smallest absolute Gasteiger partial charge is 0.293 e. The van der Waals surface area contributed by atoms with E-state index < -0.39 is 5.91 Å². The van der Waals surface area contributed by atoms with Gasteiger partial charge in [-0.1, -0.05) is 0 Å². The molecule has 7 nitrogen and oxygen atoms in total. The molecule has 21 heavy (non-hydrogen) atoms. The summed E-state index contributed by atoms with van der Waals surface area (Å²) in [5.41, 5.74) is 5.75. The monoisotopic (exact) mass is 295 g/mol. The normalized spacial score (nSPS) is 23.0. The maximum absolute atomic E-state index is 11.9. The average molecular weight is 295 g/mol. The van der Waals surface area contributed by atoms with E-state index in [0.29, 0.717) is 6.54 Å². The Bertz CT molecular complexity index is 475. The molecule has 1 aromatic heterocycles. The molecule has 2 rings (SSSR count). The molecule has 0 radical (unpaired) electrons. The Morgan fingerprint density at radius 3 is 3.00 bits per heavy atom. The summed E-state index contributed by atoms with van der Waals surface area (Å²) in [5.74, 6) is -0.761. The first-order valence-corrected chi connectivity index (χ1v) is 6.98. The standard InChI is InChI=1S/C14H21N3O4/c1-20-11-4-5-17(10(7-11)8-15)9-13(18)16-14(19)12-3-2-6-21-12/h2-3,6,10-11H,4-5,7-9,15H2,1H3,(H,16,18,19). The fourth-order valence-corrected chi connectivity index (χ4v) is 2.55. The summed E-state index contributed by atoms with van der Waals surface area (Å²) in [6.45, 7) is 1.33. The lowest BCUT2D eigenvalue weighted by Crippen LogP contribution is -2.52. The predicted molar refractivity (Wildman–Crippen MR) is 75.6 cm³/mol. The predicted octanol–water partition coefficient (Wildman–Crippen LogP) is -0.0259. The average Bonchev–Trinajstić information content (AvgIpc) is 3.01. The Morgan fingerprint density at radius 1 is 1.57 bits per heavy atom. The fraction of sp³-hybridized carbons (Fsp3) is 0.571. The van der Waals surface area contributed by atoms with Crippen molar-refractivity contribution in [1.82, 2.24) is 10.2 Å². The first kappa shape index (κ1) is 15.7. The second-order valence-corrected chi connectivity index (χ2v) is 5.10. The summed E-state index contributed by atoms with van der Waals surface area (Å²) in [5, 5.41) is 2.31. The number of hydrogen-bond donors (Lipinski definition) is 2. The molecule has 0 aromatic carbocycles. The van der Waals surface area contributed by atoms with Crippen LogP contribution in [-0.2, 0) is 9.53 Å². The Labute approximate surface area is 123 Å². The summed E-state index contributed by atoms with van der Waals surface area (Å²) < 4.78 is 10.3. The number of piperidine rings is 1. The number of hydrogen-bond acceptors (Lipinski definition) is 6. The van der Waals surface area contributed by atoms with E-state index in [1.807, 2.05) is 4.90 Å². The van der Waals surface area contributed by atoms with Gasteiger partial charge in [-0.15, -0.1) is 0 Å². The van der Waals surface area contributed by atoms with Crippen LogP contribution in [0.3, 0.4) is 0 Å². The first-order valence-electron chi connectivity index (χ1n) is 6.98. The third kappa shape index (κ3) is 4.13. The highest BCUT2D eigenvalue weighted by Crippen LogP contribution is 2.18. The van der Waals surface area contributed by atoms with Crippen LogP contribution in [0.15, 0.2) is 22.8 Å². The van der Waals surface area contributed by atoms with E-state index in [0.717, 1.165) is 19.4 Å². The van der Waals surface area contributed by atoms with Crippen LogP contribution in [0, 0.1) is 0 Å². The van der Waals surface area contributed by atoms with Gasteiger partial charge in [0.05, 0.1) is 18.9 Å². The highest BCUT2D eigenvalue weighted by molar-refractivity contribution is 6.03. The lowest BCUT2D eigenvalue weighted by molar-refractivity contribution is -0.122. The maximum atomic E-state index is 11.9. The van der Waals surface area contributed by atoms with Crippen LogP contribution in [0.4, 0.5) is 0 Å². The second-order valence-electron chi connectivity index (χ2n) is 5.10. The van der Waals surface area contributed by atoms with E-state index in [1.54, 1.807) is 13.2 Å². The SMILES string of the molecule is COC1CCN(CC(=O)NC(=O)c2ccco2)C(CN)C1. The zero-order valence-electron chi connectivity index (χ0n) is 12.1. The number of carbonyl (C=O) groups excluding carboxylic acids is 2. The Kier molecular flexibility index (Phi) is 5.49. The van der Waals surface area contributed by atoms with Crippen LogP contribution >= 0.6 is 0 Å². The number of ether oxygens (including phenoxy) is 1. The summed E-state index contributed by atoms with van der Waals surface area (Å²) in [7, 11) is 1.68. The Morgan fingerprint density at radius 2 is 2.38 bits per heavy atom. The molecule has 2 amide bonds. The van der Waals surface area contributed by atoms with Gasteiger partial charge in [-0.25, -0.2) is 0 Å². The van der Waals surface area contributed by atoms with E-state index >= 15 is 0 Å². The van der Waals surface area contributed by atoms with E-state index in [9.17, 15) is 9.59 Å². The topological polar surface area (TPSA) is 97.8 Å². The van der Waals surface area contributed by atoms with Crippen molar-refractivity contribution in [1.29, 1.82) is 0 Å². The van der Waals surface area contributed by atoms with Gasteiger partial charge in [-0.05, 0) is 25.0 Å². The molecule has 1 aliphatic heterocycles. The van der Waals surface area contributed by atoms with Gasteiger partial charge in [0.2, 0.25) is 5.91 Å².